The number of aliphatic hydroxyl groups is 1. The molecule has 0 radical (unpaired) electrons. The zero-order valence-electron chi connectivity index (χ0n) is 9.04. The Hall–Kier alpha value is -0.570. The van der Waals surface area contributed by atoms with E-state index in [2.05, 4.69) is 0 Å². The third kappa shape index (κ3) is 4.09. The van der Waals surface area contributed by atoms with Crippen molar-refractivity contribution < 1.29 is 9.90 Å². The molecule has 1 heterocycles. The van der Waals surface area contributed by atoms with Gasteiger partial charge in [0, 0.05) is 19.5 Å². The lowest BCUT2D eigenvalue weighted by Crippen LogP contribution is -2.35. The van der Waals surface area contributed by atoms with Crippen LogP contribution in [0.3, 0.4) is 0 Å². The first kappa shape index (κ1) is 11.5. The summed E-state index contributed by atoms with van der Waals surface area (Å²) in [6.45, 7) is 3.65. The average molecular weight is 199 g/mol. The zero-order valence-corrected chi connectivity index (χ0v) is 9.04. The fourth-order valence-electron chi connectivity index (χ4n) is 1.85. The second kappa shape index (κ2) is 6.02. The highest BCUT2D eigenvalue weighted by Crippen LogP contribution is 2.11. The summed E-state index contributed by atoms with van der Waals surface area (Å²) < 4.78 is 0. The number of likely N-dealkylation sites (tertiary alicyclic amines) is 1. The summed E-state index contributed by atoms with van der Waals surface area (Å²) in [6.07, 6.45) is 5.45. The van der Waals surface area contributed by atoms with Crippen LogP contribution >= 0.6 is 0 Å². The average Bonchev–Trinajstić information content (AvgIpc) is 2.18. The molecule has 0 aromatic rings. The highest BCUT2D eigenvalue weighted by Gasteiger charge is 2.15. The van der Waals surface area contributed by atoms with E-state index in [0.29, 0.717) is 6.42 Å². The third-order valence-corrected chi connectivity index (χ3v) is 2.72. The van der Waals surface area contributed by atoms with Crippen LogP contribution in [0.2, 0.25) is 0 Å². The van der Waals surface area contributed by atoms with Crippen LogP contribution < -0.4 is 0 Å². The fraction of sp³-hybridized carbons (Fsp3) is 0.909. The van der Waals surface area contributed by atoms with E-state index in [1.54, 1.807) is 6.92 Å². The molecular weight excluding hydrogens is 178 g/mol. The number of piperidine rings is 1. The normalized spacial score (nSPS) is 19.4. The summed E-state index contributed by atoms with van der Waals surface area (Å²) in [4.78, 5) is 13.6. The SMILES string of the molecule is CC(O)CCCC(=O)N1CCCCC1. The van der Waals surface area contributed by atoms with Crippen molar-refractivity contribution in [1.82, 2.24) is 4.90 Å². The molecule has 1 amide bonds. The smallest absolute Gasteiger partial charge is 0.222 e. The van der Waals surface area contributed by atoms with Crippen LogP contribution in [0.5, 0.6) is 0 Å². The number of carbonyl (C=O) groups excluding carboxylic acids is 1. The number of rotatable bonds is 4. The molecule has 3 heteroatoms. The topological polar surface area (TPSA) is 40.5 Å². The van der Waals surface area contributed by atoms with Gasteiger partial charge in [0.25, 0.3) is 0 Å². The molecule has 1 saturated heterocycles. The summed E-state index contributed by atoms with van der Waals surface area (Å²) in [6, 6.07) is 0. The first-order chi connectivity index (χ1) is 6.70. The van der Waals surface area contributed by atoms with Crippen molar-refractivity contribution in [3.8, 4) is 0 Å². The Morgan fingerprint density at radius 2 is 2.00 bits per heavy atom. The van der Waals surface area contributed by atoms with Gasteiger partial charge in [-0.2, -0.15) is 0 Å². The molecule has 1 unspecified atom stereocenters. The molecular formula is C11H21NO2. The lowest BCUT2D eigenvalue weighted by molar-refractivity contribution is -0.132. The van der Waals surface area contributed by atoms with Crippen LogP contribution in [0.15, 0.2) is 0 Å². The molecule has 82 valence electrons. The van der Waals surface area contributed by atoms with Gasteiger partial charge in [-0.3, -0.25) is 4.79 Å². The van der Waals surface area contributed by atoms with Crippen LogP contribution in [-0.2, 0) is 4.79 Å². The minimum absolute atomic E-state index is 0.269. The molecule has 1 aliphatic rings. The highest BCUT2D eigenvalue weighted by atomic mass is 16.3. The summed E-state index contributed by atoms with van der Waals surface area (Å²) >= 11 is 0. The lowest BCUT2D eigenvalue weighted by Gasteiger charge is -2.26. The summed E-state index contributed by atoms with van der Waals surface area (Å²) in [7, 11) is 0. The Bertz CT molecular complexity index is 174. The number of aliphatic hydroxyl groups excluding tert-OH is 1. The van der Waals surface area contributed by atoms with E-state index in [0.717, 1.165) is 38.8 Å². The van der Waals surface area contributed by atoms with Crippen LogP contribution in [0.1, 0.15) is 45.4 Å². The lowest BCUT2D eigenvalue weighted by atomic mass is 10.1. The van der Waals surface area contributed by atoms with Gasteiger partial charge >= 0.3 is 0 Å². The molecule has 1 fully saturated rings. The van der Waals surface area contributed by atoms with Crippen molar-refractivity contribution in [1.29, 1.82) is 0 Å². The Labute approximate surface area is 86.1 Å². The molecule has 1 N–H and O–H groups in total. The zero-order chi connectivity index (χ0) is 10.4. The Kier molecular flexibility index (Phi) is 4.94. The number of nitrogens with zero attached hydrogens (tertiary/aromatic N) is 1. The van der Waals surface area contributed by atoms with Crippen LogP contribution in [0.4, 0.5) is 0 Å². The molecule has 0 saturated carbocycles. The van der Waals surface area contributed by atoms with Gasteiger partial charge in [-0.05, 0) is 39.0 Å². The second-order valence-corrected chi connectivity index (χ2v) is 4.18. The molecule has 0 aliphatic carbocycles. The molecule has 0 bridgehead atoms. The van der Waals surface area contributed by atoms with Crippen LogP contribution in [0.25, 0.3) is 0 Å². The first-order valence-electron chi connectivity index (χ1n) is 5.66. The van der Waals surface area contributed by atoms with Crippen molar-refractivity contribution in [3.63, 3.8) is 0 Å². The molecule has 3 nitrogen and oxygen atoms in total. The minimum Gasteiger partial charge on any atom is -0.393 e. The Morgan fingerprint density at radius 3 is 2.57 bits per heavy atom. The third-order valence-electron chi connectivity index (χ3n) is 2.72. The van der Waals surface area contributed by atoms with Gasteiger partial charge in [-0.1, -0.05) is 0 Å². The van der Waals surface area contributed by atoms with Crippen LogP contribution in [0, 0.1) is 0 Å². The van der Waals surface area contributed by atoms with Gasteiger partial charge in [-0.15, -0.1) is 0 Å². The maximum Gasteiger partial charge on any atom is 0.222 e. The molecule has 1 aliphatic heterocycles. The highest BCUT2D eigenvalue weighted by molar-refractivity contribution is 5.76. The molecule has 0 spiro atoms. The molecule has 1 atom stereocenters. The van der Waals surface area contributed by atoms with Gasteiger partial charge in [0.1, 0.15) is 0 Å². The predicted molar refractivity (Wildman–Crippen MR) is 56.0 cm³/mol. The van der Waals surface area contributed by atoms with E-state index in [1.807, 2.05) is 4.90 Å². The van der Waals surface area contributed by atoms with E-state index < -0.39 is 0 Å². The second-order valence-electron chi connectivity index (χ2n) is 4.18. The molecule has 14 heavy (non-hydrogen) atoms. The summed E-state index contributed by atoms with van der Waals surface area (Å²) in [5.41, 5.74) is 0. The number of hydrogen-bond acceptors (Lipinski definition) is 2. The van der Waals surface area contributed by atoms with Gasteiger partial charge in [0.15, 0.2) is 0 Å². The summed E-state index contributed by atoms with van der Waals surface area (Å²) in [5, 5.41) is 9.05. The first-order valence-corrected chi connectivity index (χ1v) is 5.66. The van der Waals surface area contributed by atoms with Crippen molar-refractivity contribution in [2.75, 3.05) is 13.1 Å². The minimum atomic E-state index is -0.274. The van der Waals surface area contributed by atoms with Crippen molar-refractivity contribution in [2.24, 2.45) is 0 Å². The van der Waals surface area contributed by atoms with E-state index in [1.165, 1.54) is 6.42 Å². The van der Waals surface area contributed by atoms with E-state index in [4.69, 9.17) is 5.11 Å². The van der Waals surface area contributed by atoms with Crippen molar-refractivity contribution >= 4 is 5.91 Å². The largest absolute Gasteiger partial charge is 0.393 e. The Morgan fingerprint density at radius 1 is 1.36 bits per heavy atom. The van der Waals surface area contributed by atoms with E-state index >= 15 is 0 Å². The van der Waals surface area contributed by atoms with Gasteiger partial charge in [-0.25, -0.2) is 0 Å². The standard InChI is InChI=1S/C11H21NO2/c1-10(13)6-5-7-11(14)12-8-3-2-4-9-12/h10,13H,2-9H2,1H3. The number of carbonyl (C=O) groups is 1. The van der Waals surface area contributed by atoms with Crippen molar-refractivity contribution in [2.45, 2.75) is 51.6 Å². The summed E-state index contributed by atoms with van der Waals surface area (Å²) in [5.74, 6) is 0.269. The molecule has 1 rings (SSSR count). The van der Waals surface area contributed by atoms with E-state index in [9.17, 15) is 4.79 Å². The Balaban J connectivity index is 2.13. The van der Waals surface area contributed by atoms with Gasteiger partial charge < -0.3 is 10.0 Å². The van der Waals surface area contributed by atoms with Gasteiger partial charge in [0.05, 0.1) is 6.10 Å². The van der Waals surface area contributed by atoms with Crippen molar-refractivity contribution in [3.05, 3.63) is 0 Å². The number of hydrogen-bond donors (Lipinski definition) is 1. The maximum absolute atomic E-state index is 11.6. The maximum atomic E-state index is 11.6. The number of amides is 1. The molecule has 0 aromatic carbocycles. The fourth-order valence-corrected chi connectivity index (χ4v) is 1.85. The quantitative estimate of drug-likeness (QED) is 0.746. The van der Waals surface area contributed by atoms with E-state index in [-0.39, 0.29) is 12.0 Å². The van der Waals surface area contributed by atoms with Crippen LogP contribution in [-0.4, -0.2) is 35.1 Å². The molecule has 0 aromatic heterocycles. The monoisotopic (exact) mass is 199 g/mol. The van der Waals surface area contributed by atoms with Gasteiger partial charge in [0.2, 0.25) is 5.91 Å². The predicted octanol–water partition coefficient (Wildman–Crippen LogP) is 1.55.